The van der Waals surface area contributed by atoms with E-state index in [1.807, 2.05) is 0 Å². The molecule has 1 amide bonds. The fourth-order valence-corrected chi connectivity index (χ4v) is 2.52. The molecule has 0 aliphatic carbocycles. The minimum Gasteiger partial charge on any atom is -0.398 e. The van der Waals surface area contributed by atoms with Gasteiger partial charge in [-0.05, 0) is 18.2 Å². The van der Waals surface area contributed by atoms with Crippen molar-refractivity contribution in [3.8, 4) is 5.06 Å². The lowest BCUT2D eigenvalue weighted by molar-refractivity contribution is 0.212. The summed E-state index contributed by atoms with van der Waals surface area (Å²) in [6.07, 6.45) is -0.941. The number of hydrogen-bond donors (Lipinski definition) is 1. The van der Waals surface area contributed by atoms with Gasteiger partial charge in [-0.2, -0.15) is 0 Å². The van der Waals surface area contributed by atoms with Crippen molar-refractivity contribution in [2.24, 2.45) is 5.73 Å². The summed E-state index contributed by atoms with van der Waals surface area (Å²) in [5.74, 6) is -0.369. The number of carbonyl (C=O) groups is 1. The zero-order chi connectivity index (χ0) is 11.0. The van der Waals surface area contributed by atoms with E-state index in [2.05, 4.69) is 4.74 Å². The summed E-state index contributed by atoms with van der Waals surface area (Å²) >= 11 is 6.98. The fraction of sp³-hybridized carbons (Fsp3) is 0. The Balaban J connectivity index is 2.58. The molecule has 2 N–H and O–H groups in total. The Labute approximate surface area is 93.2 Å². The van der Waals surface area contributed by atoms with E-state index in [0.29, 0.717) is 10.1 Å². The van der Waals surface area contributed by atoms with Crippen LogP contribution in [0.25, 0.3) is 10.1 Å². The van der Waals surface area contributed by atoms with Crippen LogP contribution in [0.5, 0.6) is 5.06 Å². The van der Waals surface area contributed by atoms with Gasteiger partial charge in [0.15, 0.2) is 0 Å². The fourth-order valence-electron chi connectivity index (χ4n) is 1.17. The Morgan fingerprint density at radius 1 is 1.53 bits per heavy atom. The van der Waals surface area contributed by atoms with Crippen LogP contribution in [-0.4, -0.2) is 6.09 Å². The molecular weight excluding hydrogens is 241 g/mol. The van der Waals surface area contributed by atoms with Crippen molar-refractivity contribution in [3.63, 3.8) is 0 Å². The molecule has 0 radical (unpaired) electrons. The Hall–Kier alpha value is -1.33. The van der Waals surface area contributed by atoms with Gasteiger partial charge in [-0.1, -0.05) is 22.9 Å². The van der Waals surface area contributed by atoms with Crippen molar-refractivity contribution >= 4 is 39.1 Å². The van der Waals surface area contributed by atoms with Crippen molar-refractivity contribution in [1.29, 1.82) is 0 Å². The summed E-state index contributed by atoms with van der Waals surface area (Å²) in [5.41, 5.74) is 4.86. The number of benzene rings is 1. The number of rotatable bonds is 1. The number of thiophene rings is 1. The number of fused-ring (bicyclic) bond motifs is 1. The van der Waals surface area contributed by atoms with Crippen LogP contribution in [0.15, 0.2) is 18.2 Å². The molecule has 15 heavy (non-hydrogen) atoms. The van der Waals surface area contributed by atoms with Gasteiger partial charge in [0.05, 0.1) is 0 Å². The zero-order valence-corrected chi connectivity index (χ0v) is 8.86. The highest BCUT2D eigenvalue weighted by Gasteiger charge is 2.13. The third kappa shape index (κ3) is 1.88. The summed E-state index contributed by atoms with van der Waals surface area (Å²) in [5, 5.41) is 1.10. The van der Waals surface area contributed by atoms with Crippen molar-refractivity contribution in [2.75, 3.05) is 0 Å². The van der Waals surface area contributed by atoms with Gasteiger partial charge in [0.1, 0.15) is 10.8 Å². The van der Waals surface area contributed by atoms with Gasteiger partial charge in [-0.25, -0.2) is 9.18 Å². The molecule has 0 fully saturated rings. The van der Waals surface area contributed by atoms with Gasteiger partial charge < -0.3 is 10.5 Å². The van der Waals surface area contributed by atoms with E-state index in [1.54, 1.807) is 0 Å². The normalized spacial score (nSPS) is 10.5. The molecule has 6 heteroatoms. The lowest BCUT2D eigenvalue weighted by Gasteiger charge is -1.95. The first-order chi connectivity index (χ1) is 7.08. The molecule has 2 rings (SSSR count). The van der Waals surface area contributed by atoms with Gasteiger partial charge in [0, 0.05) is 10.1 Å². The number of hydrogen-bond acceptors (Lipinski definition) is 3. The molecule has 78 valence electrons. The van der Waals surface area contributed by atoms with E-state index in [4.69, 9.17) is 17.3 Å². The average Bonchev–Trinajstić information content (AvgIpc) is 2.42. The molecule has 0 spiro atoms. The van der Waals surface area contributed by atoms with E-state index in [-0.39, 0.29) is 15.9 Å². The zero-order valence-electron chi connectivity index (χ0n) is 7.29. The first-order valence-electron chi connectivity index (χ1n) is 3.93. The number of halogens is 2. The van der Waals surface area contributed by atoms with E-state index in [0.717, 1.165) is 11.3 Å². The number of nitrogens with two attached hydrogens (primary N) is 1. The molecule has 1 aromatic carbocycles. The molecule has 0 atom stereocenters. The third-order valence-electron chi connectivity index (χ3n) is 1.76. The molecule has 1 aromatic heterocycles. The Morgan fingerprint density at radius 3 is 2.93 bits per heavy atom. The number of ether oxygens (including phenoxy) is 1. The molecule has 0 saturated heterocycles. The standard InChI is InChI=1S/C9H5ClFNO2S/c10-7-5-2-1-4(11)3-6(5)15-8(7)14-9(12)13/h1-3H,(H2,12,13). The highest BCUT2D eigenvalue weighted by atomic mass is 35.5. The highest BCUT2D eigenvalue weighted by molar-refractivity contribution is 7.21. The van der Waals surface area contributed by atoms with Crippen molar-refractivity contribution in [1.82, 2.24) is 0 Å². The number of amides is 1. The van der Waals surface area contributed by atoms with Crippen molar-refractivity contribution < 1.29 is 13.9 Å². The molecule has 2 aromatic rings. The van der Waals surface area contributed by atoms with Crippen LogP contribution in [0.2, 0.25) is 5.02 Å². The van der Waals surface area contributed by atoms with E-state index in [1.165, 1.54) is 18.2 Å². The van der Waals surface area contributed by atoms with Gasteiger partial charge in [-0.15, -0.1) is 0 Å². The summed E-state index contributed by atoms with van der Waals surface area (Å²) in [6.45, 7) is 0. The highest BCUT2D eigenvalue weighted by Crippen LogP contribution is 2.41. The first kappa shape index (κ1) is 10.2. The third-order valence-corrected chi connectivity index (χ3v) is 3.27. The van der Waals surface area contributed by atoms with Crippen LogP contribution in [0, 0.1) is 5.82 Å². The van der Waals surface area contributed by atoms with Crippen molar-refractivity contribution in [3.05, 3.63) is 29.0 Å². The monoisotopic (exact) mass is 245 g/mol. The Bertz CT molecular complexity index is 540. The minimum absolute atomic E-state index is 0.185. The molecule has 0 bridgehead atoms. The maximum atomic E-state index is 12.9. The predicted molar refractivity (Wildman–Crippen MR) is 57.0 cm³/mol. The Morgan fingerprint density at radius 2 is 2.27 bits per heavy atom. The molecule has 0 unspecified atom stereocenters. The average molecular weight is 246 g/mol. The van der Waals surface area contributed by atoms with E-state index >= 15 is 0 Å². The molecular formula is C9H5ClFNO2S. The van der Waals surface area contributed by atoms with Gasteiger partial charge in [0.25, 0.3) is 0 Å². The number of carbonyl (C=O) groups excluding carboxylic acids is 1. The van der Waals surface area contributed by atoms with Crippen LogP contribution < -0.4 is 10.5 Å². The largest absolute Gasteiger partial charge is 0.410 e. The lowest BCUT2D eigenvalue weighted by Crippen LogP contribution is -2.15. The van der Waals surface area contributed by atoms with Crippen LogP contribution in [0.1, 0.15) is 0 Å². The molecule has 0 aliphatic heterocycles. The van der Waals surface area contributed by atoms with Crippen molar-refractivity contribution in [2.45, 2.75) is 0 Å². The second-order valence-electron chi connectivity index (χ2n) is 2.77. The second-order valence-corrected chi connectivity index (χ2v) is 4.16. The van der Waals surface area contributed by atoms with E-state index < -0.39 is 6.09 Å². The maximum Gasteiger partial charge on any atom is 0.410 e. The van der Waals surface area contributed by atoms with Gasteiger partial charge in [-0.3, -0.25) is 0 Å². The summed E-state index contributed by atoms with van der Waals surface area (Å²) in [7, 11) is 0. The number of primary amides is 1. The van der Waals surface area contributed by atoms with E-state index in [9.17, 15) is 9.18 Å². The minimum atomic E-state index is -0.941. The predicted octanol–water partition coefficient (Wildman–Crippen LogP) is 3.15. The van der Waals surface area contributed by atoms with Crippen LogP contribution >= 0.6 is 22.9 Å². The maximum absolute atomic E-state index is 12.9. The van der Waals surface area contributed by atoms with Gasteiger partial charge in [0.2, 0.25) is 5.06 Å². The summed E-state index contributed by atoms with van der Waals surface area (Å²) in [6, 6.07) is 4.13. The van der Waals surface area contributed by atoms with Crippen LogP contribution in [-0.2, 0) is 0 Å². The van der Waals surface area contributed by atoms with Crippen LogP contribution in [0.4, 0.5) is 9.18 Å². The van der Waals surface area contributed by atoms with Crippen LogP contribution in [0.3, 0.4) is 0 Å². The second kappa shape index (κ2) is 3.67. The first-order valence-corrected chi connectivity index (χ1v) is 5.12. The smallest absolute Gasteiger partial charge is 0.398 e. The molecule has 3 nitrogen and oxygen atoms in total. The SMILES string of the molecule is NC(=O)Oc1sc2cc(F)ccc2c1Cl. The van der Waals surface area contributed by atoms with Gasteiger partial charge >= 0.3 is 6.09 Å². The Kier molecular flexibility index (Phi) is 2.50. The quantitative estimate of drug-likeness (QED) is 0.839. The lowest BCUT2D eigenvalue weighted by atomic mass is 10.2. The molecule has 0 saturated carbocycles. The summed E-state index contributed by atoms with van der Waals surface area (Å²) < 4.78 is 18.2. The molecule has 1 heterocycles. The topological polar surface area (TPSA) is 52.3 Å². The summed E-state index contributed by atoms with van der Waals surface area (Å²) in [4.78, 5) is 10.5. The molecule has 0 aliphatic rings.